The zero-order valence-corrected chi connectivity index (χ0v) is 18.2. The Hall–Kier alpha value is -2.69. The standard InChI is InChI=1S/C26H30N2O2/c1-5-28(6-2)25(29)23-21-15-11-10-12-19(21)16-17-22(23)26-27(4)18(3)24(30-26)20-13-8-7-9-14-20/h7-18,24,26H,5-6H2,1-4H3/t18-,24-,26-/m0/s1. The summed E-state index contributed by atoms with van der Waals surface area (Å²) in [5.41, 5.74) is 2.87. The van der Waals surface area contributed by atoms with Crippen molar-refractivity contribution in [3.63, 3.8) is 0 Å². The molecule has 1 aliphatic rings. The molecule has 1 aliphatic heterocycles. The third-order valence-corrected chi connectivity index (χ3v) is 6.35. The lowest BCUT2D eigenvalue weighted by Gasteiger charge is -2.26. The Morgan fingerprint density at radius 3 is 2.33 bits per heavy atom. The van der Waals surface area contributed by atoms with Gasteiger partial charge >= 0.3 is 0 Å². The molecule has 3 aromatic rings. The summed E-state index contributed by atoms with van der Waals surface area (Å²) in [5, 5.41) is 2.06. The molecule has 0 unspecified atom stereocenters. The van der Waals surface area contributed by atoms with Gasteiger partial charge in [0.15, 0.2) is 0 Å². The smallest absolute Gasteiger partial charge is 0.254 e. The fourth-order valence-electron chi connectivity index (χ4n) is 4.47. The Balaban J connectivity index is 1.82. The Kier molecular flexibility index (Phi) is 5.89. The molecule has 4 heteroatoms. The predicted octanol–water partition coefficient (Wildman–Crippen LogP) is 5.41. The van der Waals surface area contributed by atoms with Crippen LogP contribution in [0.3, 0.4) is 0 Å². The Bertz CT molecular complexity index is 1030. The molecule has 0 saturated carbocycles. The van der Waals surface area contributed by atoms with Crippen LogP contribution in [0, 0.1) is 0 Å². The van der Waals surface area contributed by atoms with Gasteiger partial charge in [-0.1, -0.05) is 66.7 Å². The number of benzene rings is 3. The molecule has 0 N–H and O–H groups in total. The van der Waals surface area contributed by atoms with Gasteiger partial charge in [-0.15, -0.1) is 0 Å². The molecule has 0 bridgehead atoms. The third kappa shape index (κ3) is 3.51. The van der Waals surface area contributed by atoms with Crippen molar-refractivity contribution >= 4 is 16.7 Å². The molecule has 30 heavy (non-hydrogen) atoms. The van der Waals surface area contributed by atoms with Crippen LogP contribution in [0.1, 0.15) is 54.6 Å². The average molecular weight is 403 g/mol. The van der Waals surface area contributed by atoms with Crippen molar-refractivity contribution in [2.75, 3.05) is 20.1 Å². The summed E-state index contributed by atoms with van der Waals surface area (Å²) in [4.78, 5) is 17.7. The summed E-state index contributed by atoms with van der Waals surface area (Å²) in [6.07, 6.45) is -0.312. The van der Waals surface area contributed by atoms with E-state index in [9.17, 15) is 4.79 Å². The molecule has 3 aromatic carbocycles. The number of likely N-dealkylation sites (N-methyl/N-ethyl adjacent to an activating group) is 1. The van der Waals surface area contributed by atoms with E-state index in [-0.39, 0.29) is 24.3 Å². The van der Waals surface area contributed by atoms with Crippen LogP contribution in [0.4, 0.5) is 0 Å². The molecule has 0 spiro atoms. The van der Waals surface area contributed by atoms with Crippen molar-refractivity contribution in [1.82, 2.24) is 9.80 Å². The van der Waals surface area contributed by atoms with E-state index in [0.29, 0.717) is 13.1 Å². The van der Waals surface area contributed by atoms with E-state index in [1.165, 1.54) is 0 Å². The van der Waals surface area contributed by atoms with Gasteiger partial charge in [0, 0.05) is 24.7 Å². The van der Waals surface area contributed by atoms with Crippen LogP contribution in [-0.2, 0) is 4.74 Å². The average Bonchev–Trinajstić information content (AvgIpc) is 3.08. The van der Waals surface area contributed by atoms with Crippen LogP contribution in [0.15, 0.2) is 66.7 Å². The predicted molar refractivity (Wildman–Crippen MR) is 121 cm³/mol. The molecule has 1 saturated heterocycles. The first kappa shape index (κ1) is 20.6. The summed E-state index contributed by atoms with van der Waals surface area (Å²) < 4.78 is 6.60. The van der Waals surface area contributed by atoms with E-state index in [1.54, 1.807) is 0 Å². The van der Waals surface area contributed by atoms with Crippen molar-refractivity contribution in [2.24, 2.45) is 0 Å². The lowest BCUT2D eigenvalue weighted by atomic mass is 9.96. The Morgan fingerprint density at radius 1 is 0.967 bits per heavy atom. The van der Waals surface area contributed by atoms with Gasteiger partial charge in [-0.2, -0.15) is 0 Å². The second-order valence-electron chi connectivity index (χ2n) is 7.95. The number of ether oxygens (including phenoxy) is 1. The molecule has 156 valence electrons. The maximum absolute atomic E-state index is 13.6. The summed E-state index contributed by atoms with van der Waals surface area (Å²) in [6.45, 7) is 7.60. The molecule has 4 rings (SSSR count). The number of hydrogen-bond acceptors (Lipinski definition) is 3. The summed E-state index contributed by atoms with van der Waals surface area (Å²) in [7, 11) is 2.08. The van der Waals surface area contributed by atoms with Crippen LogP contribution in [0.2, 0.25) is 0 Å². The van der Waals surface area contributed by atoms with Gasteiger partial charge < -0.3 is 9.64 Å². The Morgan fingerprint density at radius 2 is 1.63 bits per heavy atom. The highest BCUT2D eigenvalue weighted by Crippen LogP contribution is 2.43. The molecule has 1 fully saturated rings. The van der Waals surface area contributed by atoms with Crippen LogP contribution < -0.4 is 0 Å². The molecule has 1 amide bonds. The van der Waals surface area contributed by atoms with E-state index >= 15 is 0 Å². The number of hydrogen-bond donors (Lipinski definition) is 0. The maximum Gasteiger partial charge on any atom is 0.254 e. The number of fused-ring (bicyclic) bond motifs is 1. The van der Waals surface area contributed by atoms with Gasteiger partial charge in [-0.25, -0.2) is 0 Å². The van der Waals surface area contributed by atoms with E-state index in [4.69, 9.17) is 4.74 Å². The zero-order valence-electron chi connectivity index (χ0n) is 18.2. The highest BCUT2D eigenvalue weighted by molar-refractivity contribution is 6.08. The van der Waals surface area contributed by atoms with Gasteiger partial charge in [0.25, 0.3) is 5.91 Å². The topological polar surface area (TPSA) is 32.8 Å². The summed E-state index contributed by atoms with van der Waals surface area (Å²) >= 11 is 0. The van der Waals surface area contributed by atoms with E-state index in [1.807, 2.05) is 55.1 Å². The summed E-state index contributed by atoms with van der Waals surface area (Å²) in [5.74, 6) is 0.0691. The zero-order chi connectivity index (χ0) is 21.3. The minimum absolute atomic E-state index is 0.0379. The van der Waals surface area contributed by atoms with Crippen LogP contribution >= 0.6 is 0 Å². The van der Waals surface area contributed by atoms with E-state index < -0.39 is 0 Å². The van der Waals surface area contributed by atoms with Gasteiger partial charge in [0.1, 0.15) is 12.3 Å². The molecule has 3 atom stereocenters. The van der Waals surface area contributed by atoms with Gasteiger partial charge in [0.05, 0.1) is 5.56 Å². The molecule has 0 radical (unpaired) electrons. The van der Waals surface area contributed by atoms with Crippen molar-refractivity contribution in [1.29, 1.82) is 0 Å². The normalized spacial score (nSPS) is 21.8. The number of rotatable bonds is 5. The fourth-order valence-corrected chi connectivity index (χ4v) is 4.47. The monoisotopic (exact) mass is 402 g/mol. The van der Waals surface area contributed by atoms with Gasteiger partial charge in [-0.05, 0) is 44.2 Å². The molecular formula is C26H30N2O2. The minimum atomic E-state index is -0.274. The maximum atomic E-state index is 13.6. The second kappa shape index (κ2) is 8.58. The highest BCUT2D eigenvalue weighted by Gasteiger charge is 2.40. The molecule has 0 aliphatic carbocycles. The van der Waals surface area contributed by atoms with Crippen LogP contribution in [-0.4, -0.2) is 41.9 Å². The van der Waals surface area contributed by atoms with Crippen molar-refractivity contribution in [2.45, 2.75) is 39.1 Å². The van der Waals surface area contributed by atoms with Crippen molar-refractivity contribution in [3.8, 4) is 0 Å². The largest absolute Gasteiger partial charge is 0.349 e. The number of carbonyl (C=O) groups is 1. The van der Waals surface area contributed by atoms with Crippen LogP contribution in [0.25, 0.3) is 10.8 Å². The van der Waals surface area contributed by atoms with E-state index in [0.717, 1.165) is 27.5 Å². The second-order valence-corrected chi connectivity index (χ2v) is 7.95. The van der Waals surface area contributed by atoms with Crippen molar-refractivity contribution in [3.05, 3.63) is 83.4 Å². The fraction of sp³-hybridized carbons (Fsp3) is 0.346. The number of nitrogens with zero attached hydrogens (tertiary/aromatic N) is 2. The first-order chi connectivity index (χ1) is 14.6. The van der Waals surface area contributed by atoms with Gasteiger partial charge in [-0.3, -0.25) is 9.69 Å². The van der Waals surface area contributed by atoms with Crippen LogP contribution in [0.5, 0.6) is 0 Å². The lowest BCUT2D eigenvalue weighted by molar-refractivity contribution is 0.00489. The molecular weight excluding hydrogens is 372 g/mol. The van der Waals surface area contributed by atoms with Gasteiger partial charge in [0.2, 0.25) is 0 Å². The summed E-state index contributed by atoms with van der Waals surface area (Å²) in [6, 6.07) is 22.8. The van der Waals surface area contributed by atoms with Crippen molar-refractivity contribution < 1.29 is 9.53 Å². The minimum Gasteiger partial charge on any atom is -0.349 e. The molecule has 0 aromatic heterocycles. The third-order valence-electron chi connectivity index (χ3n) is 6.35. The number of amides is 1. The quantitative estimate of drug-likeness (QED) is 0.572. The number of carbonyl (C=O) groups excluding carboxylic acids is 1. The first-order valence-corrected chi connectivity index (χ1v) is 10.8. The Labute approximate surface area is 179 Å². The lowest BCUT2D eigenvalue weighted by Crippen LogP contribution is -2.33. The van der Waals surface area contributed by atoms with E-state index in [2.05, 4.69) is 49.2 Å². The molecule has 1 heterocycles. The highest BCUT2D eigenvalue weighted by atomic mass is 16.5. The SMILES string of the molecule is CCN(CC)C(=O)c1c([C@@H]2O[C@H](c3ccccc3)[C@H](C)N2C)ccc2ccccc12. The first-order valence-electron chi connectivity index (χ1n) is 10.8. The molecule has 4 nitrogen and oxygen atoms in total.